The Kier molecular flexibility index (Phi) is 5.08. The number of carbonyl (C=O) groups excluding carboxylic acids is 1. The van der Waals surface area contributed by atoms with Gasteiger partial charge in [-0.25, -0.2) is 0 Å². The molecule has 4 heteroatoms. The van der Waals surface area contributed by atoms with E-state index >= 15 is 0 Å². The molecule has 1 heterocycles. The minimum absolute atomic E-state index is 0.234. The van der Waals surface area contributed by atoms with Crippen molar-refractivity contribution in [2.45, 2.75) is 13.0 Å². The number of carbonyl (C=O) groups is 1. The highest BCUT2D eigenvalue weighted by atomic mass is 32.1. The van der Waals surface area contributed by atoms with E-state index in [1.807, 2.05) is 35.2 Å². The van der Waals surface area contributed by atoms with Crippen LogP contribution in [0, 0.1) is 5.92 Å². The molecule has 1 atom stereocenters. The molecule has 1 fully saturated rings. The van der Waals surface area contributed by atoms with Crippen LogP contribution in [0.5, 0.6) is 0 Å². The summed E-state index contributed by atoms with van der Waals surface area (Å²) >= 11 is 4.24. The highest BCUT2D eigenvalue weighted by molar-refractivity contribution is 7.80. The fourth-order valence-corrected chi connectivity index (χ4v) is 2.38. The van der Waals surface area contributed by atoms with Crippen LogP contribution in [0.3, 0.4) is 0 Å². The Morgan fingerprint density at radius 3 is 2.78 bits per heavy atom. The molecule has 1 aliphatic rings. The normalized spacial score (nSPS) is 19.5. The van der Waals surface area contributed by atoms with Crippen molar-refractivity contribution in [1.29, 1.82) is 0 Å². The van der Waals surface area contributed by atoms with Crippen molar-refractivity contribution in [2.75, 3.05) is 25.4 Å². The first kappa shape index (κ1) is 13.4. The topological polar surface area (TPSA) is 29.5 Å². The van der Waals surface area contributed by atoms with Crippen LogP contribution in [-0.4, -0.2) is 36.3 Å². The summed E-state index contributed by atoms with van der Waals surface area (Å²) in [6, 6.07) is 10.1. The molecule has 3 nitrogen and oxygen atoms in total. The molecule has 1 saturated heterocycles. The summed E-state index contributed by atoms with van der Waals surface area (Å²) in [5.41, 5.74) is 1.17. The van der Waals surface area contributed by atoms with Crippen LogP contribution in [0.15, 0.2) is 30.3 Å². The average molecular weight is 265 g/mol. The van der Waals surface area contributed by atoms with Gasteiger partial charge in [-0.2, -0.15) is 12.6 Å². The summed E-state index contributed by atoms with van der Waals surface area (Å²) in [4.78, 5) is 13.5. The van der Waals surface area contributed by atoms with Crippen LogP contribution in [-0.2, 0) is 16.1 Å². The quantitative estimate of drug-likeness (QED) is 0.629. The third-order valence-electron chi connectivity index (χ3n) is 3.17. The van der Waals surface area contributed by atoms with E-state index in [9.17, 15) is 4.79 Å². The number of thiol groups is 1. The summed E-state index contributed by atoms with van der Waals surface area (Å²) in [6.07, 6.45) is 0.641. The van der Waals surface area contributed by atoms with Crippen LogP contribution in [0.2, 0.25) is 0 Å². The molecule has 98 valence electrons. The van der Waals surface area contributed by atoms with Crippen molar-refractivity contribution in [1.82, 2.24) is 4.90 Å². The summed E-state index contributed by atoms with van der Waals surface area (Å²) in [5, 5.41) is 0. The molecule has 1 aliphatic heterocycles. The molecule has 0 aliphatic carbocycles. The lowest BCUT2D eigenvalue weighted by atomic mass is 10.1. The molecule has 0 radical (unpaired) electrons. The molecule has 0 N–H and O–H groups in total. The minimum atomic E-state index is 0.234. The van der Waals surface area contributed by atoms with Crippen LogP contribution >= 0.6 is 12.6 Å². The predicted octanol–water partition coefficient (Wildman–Crippen LogP) is 1.98. The molecule has 18 heavy (non-hydrogen) atoms. The zero-order valence-electron chi connectivity index (χ0n) is 10.4. The van der Waals surface area contributed by atoms with E-state index in [-0.39, 0.29) is 5.91 Å². The number of hydrogen-bond acceptors (Lipinski definition) is 3. The number of likely N-dealkylation sites (tertiary alicyclic amines) is 1. The molecule has 2 rings (SSSR count). The fourth-order valence-electron chi connectivity index (χ4n) is 2.13. The second-order valence-electron chi connectivity index (χ2n) is 4.63. The number of rotatable bonds is 6. The highest BCUT2D eigenvalue weighted by Gasteiger charge is 2.27. The Morgan fingerprint density at radius 2 is 2.11 bits per heavy atom. The Morgan fingerprint density at radius 1 is 1.33 bits per heavy atom. The summed E-state index contributed by atoms with van der Waals surface area (Å²) in [6.45, 7) is 2.73. The maximum absolute atomic E-state index is 11.6. The molecule has 1 aromatic rings. The van der Waals surface area contributed by atoms with Gasteiger partial charge >= 0.3 is 0 Å². The fraction of sp³-hybridized carbons (Fsp3) is 0.500. The van der Waals surface area contributed by atoms with Gasteiger partial charge in [0.15, 0.2) is 0 Å². The van der Waals surface area contributed by atoms with Crippen molar-refractivity contribution in [3.63, 3.8) is 0 Å². The summed E-state index contributed by atoms with van der Waals surface area (Å²) in [5.74, 6) is 1.43. The lowest BCUT2D eigenvalue weighted by Gasteiger charge is -2.16. The first-order chi connectivity index (χ1) is 8.79. The number of ether oxygens (including phenoxy) is 1. The van der Waals surface area contributed by atoms with Gasteiger partial charge in [0.05, 0.1) is 13.2 Å². The lowest BCUT2D eigenvalue weighted by molar-refractivity contribution is -0.128. The van der Waals surface area contributed by atoms with E-state index in [1.165, 1.54) is 5.56 Å². The predicted molar refractivity (Wildman–Crippen MR) is 74.6 cm³/mol. The minimum Gasteiger partial charge on any atom is -0.375 e. The Balaban J connectivity index is 1.65. The summed E-state index contributed by atoms with van der Waals surface area (Å²) < 4.78 is 5.59. The Labute approximate surface area is 114 Å². The third-order valence-corrected chi connectivity index (χ3v) is 3.69. The van der Waals surface area contributed by atoms with Gasteiger partial charge in [0.1, 0.15) is 0 Å². The molecular weight excluding hydrogens is 246 g/mol. The zero-order chi connectivity index (χ0) is 12.8. The maximum Gasteiger partial charge on any atom is 0.223 e. The SMILES string of the molecule is O=C1CC(CS)CN1CCOCc1ccccc1. The van der Waals surface area contributed by atoms with Crippen molar-refractivity contribution in [2.24, 2.45) is 5.92 Å². The van der Waals surface area contributed by atoms with E-state index in [1.54, 1.807) is 0 Å². The van der Waals surface area contributed by atoms with Gasteiger partial charge in [-0.3, -0.25) is 4.79 Å². The van der Waals surface area contributed by atoms with Crippen LogP contribution in [0.25, 0.3) is 0 Å². The third kappa shape index (κ3) is 3.75. The van der Waals surface area contributed by atoms with E-state index < -0.39 is 0 Å². The molecule has 0 spiro atoms. The van der Waals surface area contributed by atoms with Gasteiger partial charge < -0.3 is 9.64 Å². The van der Waals surface area contributed by atoms with Crippen molar-refractivity contribution >= 4 is 18.5 Å². The van der Waals surface area contributed by atoms with Gasteiger partial charge in [-0.1, -0.05) is 30.3 Å². The molecule has 1 aromatic carbocycles. The van der Waals surface area contributed by atoms with Gasteiger partial charge in [0, 0.05) is 19.5 Å². The first-order valence-corrected chi connectivity index (χ1v) is 6.93. The van der Waals surface area contributed by atoms with E-state index in [0.29, 0.717) is 32.1 Å². The number of nitrogens with zero attached hydrogens (tertiary/aromatic N) is 1. The molecule has 0 aromatic heterocycles. The highest BCUT2D eigenvalue weighted by Crippen LogP contribution is 2.18. The Hall–Kier alpha value is -1.00. The monoisotopic (exact) mass is 265 g/mol. The second kappa shape index (κ2) is 6.81. The number of benzene rings is 1. The Bertz CT molecular complexity index is 383. The van der Waals surface area contributed by atoms with Crippen LogP contribution in [0.1, 0.15) is 12.0 Å². The molecule has 0 bridgehead atoms. The average Bonchev–Trinajstić information content (AvgIpc) is 2.77. The zero-order valence-corrected chi connectivity index (χ0v) is 11.3. The number of amides is 1. The van der Waals surface area contributed by atoms with Crippen molar-refractivity contribution in [3.05, 3.63) is 35.9 Å². The van der Waals surface area contributed by atoms with Gasteiger partial charge in [-0.15, -0.1) is 0 Å². The smallest absolute Gasteiger partial charge is 0.223 e. The second-order valence-corrected chi connectivity index (χ2v) is 5.00. The molecule has 1 unspecified atom stereocenters. The summed E-state index contributed by atoms with van der Waals surface area (Å²) in [7, 11) is 0. The molecule has 1 amide bonds. The molecular formula is C14H19NO2S. The largest absolute Gasteiger partial charge is 0.375 e. The van der Waals surface area contributed by atoms with E-state index in [2.05, 4.69) is 12.6 Å². The maximum atomic E-state index is 11.6. The first-order valence-electron chi connectivity index (χ1n) is 6.30. The van der Waals surface area contributed by atoms with E-state index in [0.717, 1.165) is 12.3 Å². The van der Waals surface area contributed by atoms with Gasteiger partial charge in [0.2, 0.25) is 5.91 Å². The van der Waals surface area contributed by atoms with E-state index in [4.69, 9.17) is 4.74 Å². The van der Waals surface area contributed by atoms with Crippen LogP contribution < -0.4 is 0 Å². The molecule has 0 saturated carbocycles. The van der Waals surface area contributed by atoms with Crippen LogP contribution in [0.4, 0.5) is 0 Å². The van der Waals surface area contributed by atoms with Crippen molar-refractivity contribution < 1.29 is 9.53 Å². The van der Waals surface area contributed by atoms with Gasteiger partial charge in [0.25, 0.3) is 0 Å². The number of hydrogen-bond donors (Lipinski definition) is 1. The van der Waals surface area contributed by atoms with Crippen molar-refractivity contribution in [3.8, 4) is 0 Å². The lowest BCUT2D eigenvalue weighted by Crippen LogP contribution is -2.29. The van der Waals surface area contributed by atoms with Gasteiger partial charge in [-0.05, 0) is 17.2 Å². The standard InChI is InChI=1S/C14H19NO2S/c16-14-8-13(11-18)9-15(14)6-7-17-10-12-4-2-1-3-5-12/h1-5,13,18H,6-11H2.